The van der Waals surface area contributed by atoms with E-state index in [2.05, 4.69) is 27.6 Å². The van der Waals surface area contributed by atoms with E-state index in [9.17, 15) is 0 Å². The summed E-state index contributed by atoms with van der Waals surface area (Å²) >= 11 is 0. The number of hydrogen-bond donors (Lipinski definition) is 2. The second-order valence-corrected chi connectivity index (χ2v) is 6.66. The van der Waals surface area contributed by atoms with Crippen LogP contribution in [-0.4, -0.2) is 77.6 Å². The number of likely N-dealkylation sites (N-methyl/N-ethyl adjacent to an activating group) is 1. The first-order valence-corrected chi connectivity index (χ1v) is 8.41. The molecule has 22 heavy (non-hydrogen) atoms. The third-order valence-corrected chi connectivity index (χ3v) is 4.94. The van der Waals surface area contributed by atoms with Crippen molar-refractivity contribution in [3.63, 3.8) is 0 Å². The van der Waals surface area contributed by atoms with Gasteiger partial charge in [0.25, 0.3) is 0 Å². The van der Waals surface area contributed by atoms with Crippen LogP contribution in [0.2, 0.25) is 0 Å². The molecule has 6 nitrogen and oxygen atoms in total. The first kappa shape index (κ1) is 17.5. The zero-order valence-corrected chi connectivity index (χ0v) is 14.4. The Morgan fingerprint density at radius 2 is 2.23 bits per heavy atom. The van der Waals surface area contributed by atoms with E-state index in [0.717, 1.165) is 51.8 Å². The number of nitrogens with zero attached hydrogens (tertiary/aromatic N) is 2. The van der Waals surface area contributed by atoms with Gasteiger partial charge in [-0.15, -0.1) is 0 Å². The summed E-state index contributed by atoms with van der Waals surface area (Å²) in [6.07, 6.45) is 5.28. The Labute approximate surface area is 134 Å². The predicted molar refractivity (Wildman–Crippen MR) is 89.4 cm³/mol. The standard InChI is InChI=1S/C16H32N4O2/c1-17-15(18-11-14-12-20(2)8-10-22-14)19-13-16(5-4-6-16)7-9-21-3/h14H,4-13H2,1-3H3,(H2,17,18,19). The molecule has 1 saturated heterocycles. The van der Waals surface area contributed by atoms with Crippen molar-refractivity contribution in [2.75, 3.05) is 60.6 Å². The Kier molecular flexibility index (Phi) is 6.92. The number of methoxy groups -OCH3 is 1. The maximum absolute atomic E-state index is 5.77. The topological polar surface area (TPSA) is 58.1 Å². The molecule has 1 unspecified atom stereocenters. The zero-order chi connectivity index (χ0) is 15.8. The first-order chi connectivity index (χ1) is 10.7. The lowest BCUT2D eigenvalue weighted by Crippen LogP contribution is -2.50. The van der Waals surface area contributed by atoms with Gasteiger partial charge in [0.2, 0.25) is 0 Å². The molecule has 2 N–H and O–H groups in total. The lowest BCUT2D eigenvalue weighted by atomic mass is 9.67. The molecule has 0 aromatic heterocycles. The molecule has 2 fully saturated rings. The molecule has 1 aliphatic heterocycles. The average molecular weight is 312 g/mol. The maximum atomic E-state index is 5.77. The van der Waals surface area contributed by atoms with Crippen LogP contribution in [0.4, 0.5) is 0 Å². The number of ether oxygens (including phenoxy) is 2. The van der Waals surface area contributed by atoms with Crippen molar-refractivity contribution in [2.24, 2.45) is 10.4 Å². The van der Waals surface area contributed by atoms with Gasteiger partial charge >= 0.3 is 0 Å². The molecule has 0 radical (unpaired) electrons. The van der Waals surface area contributed by atoms with Crippen LogP contribution in [-0.2, 0) is 9.47 Å². The van der Waals surface area contributed by atoms with E-state index >= 15 is 0 Å². The monoisotopic (exact) mass is 312 g/mol. The predicted octanol–water partition coefficient (Wildman–Crippen LogP) is 0.689. The van der Waals surface area contributed by atoms with Crippen LogP contribution in [0.15, 0.2) is 4.99 Å². The molecule has 1 aliphatic carbocycles. The summed E-state index contributed by atoms with van der Waals surface area (Å²) < 4.78 is 11.0. The van der Waals surface area contributed by atoms with E-state index in [-0.39, 0.29) is 6.10 Å². The van der Waals surface area contributed by atoms with Gasteiger partial charge in [-0.1, -0.05) is 6.42 Å². The molecule has 6 heteroatoms. The van der Waals surface area contributed by atoms with Crippen molar-refractivity contribution in [1.82, 2.24) is 15.5 Å². The Morgan fingerprint density at radius 1 is 1.41 bits per heavy atom. The van der Waals surface area contributed by atoms with Crippen LogP contribution in [0.5, 0.6) is 0 Å². The summed E-state index contributed by atoms with van der Waals surface area (Å²) in [6.45, 7) is 5.43. The molecule has 0 amide bonds. The second kappa shape index (κ2) is 8.70. The largest absolute Gasteiger partial charge is 0.385 e. The van der Waals surface area contributed by atoms with Crippen LogP contribution in [0.25, 0.3) is 0 Å². The smallest absolute Gasteiger partial charge is 0.191 e. The molecular weight excluding hydrogens is 280 g/mol. The minimum absolute atomic E-state index is 0.239. The fourth-order valence-electron chi connectivity index (χ4n) is 3.20. The van der Waals surface area contributed by atoms with Crippen LogP contribution in [0.1, 0.15) is 25.7 Å². The molecule has 1 atom stereocenters. The molecule has 128 valence electrons. The van der Waals surface area contributed by atoms with Crippen molar-refractivity contribution in [3.8, 4) is 0 Å². The Hall–Kier alpha value is -0.850. The highest BCUT2D eigenvalue weighted by atomic mass is 16.5. The first-order valence-electron chi connectivity index (χ1n) is 8.41. The van der Waals surface area contributed by atoms with Crippen LogP contribution in [0, 0.1) is 5.41 Å². The van der Waals surface area contributed by atoms with Gasteiger partial charge in [0.05, 0.1) is 12.7 Å². The third-order valence-electron chi connectivity index (χ3n) is 4.94. The third kappa shape index (κ3) is 5.11. The number of guanidine groups is 1. The lowest BCUT2D eigenvalue weighted by Gasteiger charge is -2.42. The van der Waals surface area contributed by atoms with Crippen LogP contribution in [0.3, 0.4) is 0 Å². The quantitative estimate of drug-likeness (QED) is 0.535. The van der Waals surface area contributed by atoms with Gasteiger partial charge in [-0.2, -0.15) is 0 Å². The number of hydrogen-bond acceptors (Lipinski definition) is 4. The van der Waals surface area contributed by atoms with E-state index in [1.54, 1.807) is 7.11 Å². The fraction of sp³-hybridized carbons (Fsp3) is 0.938. The second-order valence-electron chi connectivity index (χ2n) is 6.66. The molecule has 0 aromatic rings. The molecule has 0 spiro atoms. The van der Waals surface area contributed by atoms with E-state index in [4.69, 9.17) is 9.47 Å². The highest BCUT2D eigenvalue weighted by Crippen LogP contribution is 2.43. The van der Waals surface area contributed by atoms with Crippen molar-refractivity contribution >= 4 is 5.96 Å². The van der Waals surface area contributed by atoms with Crippen molar-refractivity contribution in [1.29, 1.82) is 0 Å². The maximum Gasteiger partial charge on any atom is 0.191 e. The Bertz CT molecular complexity index is 358. The van der Waals surface area contributed by atoms with Crippen LogP contribution < -0.4 is 10.6 Å². The van der Waals surface area contributed by atoms with E-state index in [0.29, 0.717) is 5.41 Å². The minimum Gasteiger partial charge on any atom is -0.385 e. The molecule has 2 aliphatic rings. The highest BCUT2D eigenvalue weighted by Gasteiger charge is 2.36. The van der Waals surface area contributed by atoms with Crippen molar-refractivity contribution in [3.05, 3.63) is 0 Å². The van der Waals surface area contributed by atoms with Gasteiger partial charge in [-0.05, 0) is 31.7 Å². The summed E-state index contributed by atoms with van der Waals surface area (Å²) in [7, 11) is 5.74. The van der Waals surface area contributed by atoms with E-state index < -0.39 is 0 Å². The number of aliphatic imine (C=N–C) groups is 1. The number of morpholine rings is 1. The molecule has 1 heterocycles. The molecule has 1 saturated carbocycles. The fourth-order valence-corrected chi connectivity index (χ4v) is 3.20. The zero-order valence-electron chi connectivity index (χ0n) is 14.4. The lowest BCUT2D eigenvalue weighted by molar-refractivity contribution is -0.0161. The molecule has 2 rings (SSSR count). The summed E-state index contributed by atoms with van der Waals surface area (Å²) in [5, 5.41) is 6.88. The van der Waals surface area contributed by atoms with Crippen molar-refractivity contribution in [2.45, 2.75) is 31.8 Å². The number of nitrogens with one attached hydrogen (secondary N) is 2. The molecule has 0 bridgehead atoms. The molecule has 0 aromatic carbocycles. The van der Waals surface area contributed by atoms with E-state index in [1.165, 1.54) is 19.3 Å². The Balaban J connectivity index is 1.70. The minimum atomic E-state index is 0.239. The highest BCUT2D eigenvalue weighted by molar-refractivity contribution is 5.79. The molecular formula is C16H32N4O2. The summed E-state index contributed by atoms with van der Waals surface area (Å²) in [4.78, 5) is 6.63. The summed E-state index contributed by atoms with van der Waals surface area (Å²) in [5.41, 5.74) is 0.398. The average Bonchev–Trinajstić information content (AvgIpc) is 2.48. The van der Waals surface area contributed by atoms with Gasteiger partial charge in [0, 0.05) is 46.9 Å². The van der Waals surface area contributed by atoms with E-state index in [1.807, 2.05) is 7.05 Å². The van der Waals surface area contributed by atoms with Crippen LogP contribution >= 0.6 is 0 Å². The van der Waals surface area contributed by atoms with Gasteiger partial charge in [0.15, 0.2) is 5.96 Å². The van der Waals surface area contributed by atoms with Gasteiger partial charge in [-0.25, -0.2) is 0 Å². The van der Waals surface area contributed by atoms with Crippen molar-refractivity contribution < 1.29 is 9.47 Å². The summed E-state index contributed by atoms with van der Waals surface area (Å²) in [6, 6.07) is 0. The number of rotatable bonds is 7. The Morgan fingerprint density at radius 3 is 2.82 bits per heavy atom. The SMILES string of the molecule is CN=C(NCC1CN(C)CCO1)NCC1(CCOC)CCC1. The van der Waals surface area contributed by atoms with Gasteiger partial charge < -0.3 is 25.0 Å². The normalized spacial score (nSPS) is 25.6. The van der Waals surface area contributed by atoms with Gasteiger partial charge in [-0.3, -0.25) is 4.99 Å². The van der Waals surface area contributed by atoms with Gasteiger partial charge in [0.1, 0.15) is 0 Å². The summed E-state index contributed by atoms with van der Waals surface area (Å²) in [5.74, 6) is 0.875.